The first-order valence-electron chi connectivity index (χ1n) is 6.95. The van der Waals surface area contributed by atoms with E-state index in [0.717, 1.165) is 4.47 Å². The van der Waals surface area contributed by atoms with Crippen molar-refractivity contribution in [1.82, 2.24) is 5.43 Å². The number of hydrogen-bond acceptors (Lipinski definition) is 5. The number of para-hydroxylation sites is 1. The third kappa shape index (κ3) is 4.57. The van der Waals surface area contributed by atoms with E-state index < -0.39 is 5.91 Å². The Bertz CT molecular complexity index is 828. The lowest BCUT2D eigenvalue weighted by molar-refractivity contribution is -0.123. The molecule has 2 N–H and O–H groups in total. The van der Waals surface area contributed by atoms with Crippen molar-refractivity contribution in [3.8, 4) is 17.6 Å². The number of nitriles is 1. The van der Waals surface area contributed by atoms with Crippen molar-refractivity contribution in [2.45, 2.75) is 6.92 Å². The van der Waals surface area contributed by atoms with Gasteiger partial charge in [0.15, 0.2) is 6.61 Å². The highest BCUT2D eigenvalue weighted by molar-refractivity contribution is 9.10. The molecule has 0 bridgehead atoms. The van der Waals surface area contributed by atoms with Crippen molar-refractivity contribution in [3.63, 3.8) is 0 Å². The standard InChI is InChI=1S/C17H14BrN3O3/c1-11(14-8-13(18)6-7-15(14)22)20-21-17(23)10-24-16-5-3-2-4-12(16)9-19/h2-8,22H,10H2,1H3,(H,21,23)/b20-11+. The molecule has 0 fully saturated rings. The third-order valence-electron chi connectivity index (χ3n) is 3.06. The Labute approximate surface area is 147 Å². The molecule has 24 heavy (non-hydrogen) atoms. The zero-order chi connectivity index (χ0) is 17.5. The smallest absolute Gasteiger partial charge is 0.277 e. The topological polar surface area (TPSA) is 94.7 Å². The predicted molar refractivity (Wildman–Crippen MR) is 92.8 cm³/mol. The van der Waals surface area contributed by atoms with Crippen LogP contribution < -0.4 is 10.2 Å². The zero-order valence-corrected chi connectivity index (χ0v) is 14.4. The molecule has 0 saturated carbocycles. The van der Waals surface area contributed by atoms with Gasteiger partial charge in [0.1, 0.15) is 17.6 Å². The van der Waals surface area contributed by atoms with Crippen LogP contribution in [0.1, 0.15) is 18.1 Å². The number of nitrogens with one attached hydrogen (secondary N) is 1. The van der Waals surface area contributed by atoms with Crippen LogP contribution in [-0.4, -0.2) is 23.3 Å². The van der Waals surface area contributed by atoms with E-state index in [9.17, 15) is 9.90 Å². The van der Waals surface area contributed by atoms with Gasteiger partial charge in [0.2, 0.25) is 0 Å². The van der Waals surface area contributed by atoms with Crippen LogP contribution in [0.2, 0.25) is 0 Å². The van der Waals surface area contributed by atoms with Gasteiger partial charge < -0.3 is 9.84 Å². The summed E-state index contributed by atoms with van der Waals surface area (Å²) in [6, 6.07) is 13.6. The summed E-state index contributed by atoms with van der Waals surface area (Å²) in [5.41, 5.74) is 3.65. The molecule has 0 saturated heterocycles. The van der Waals surface area contributed by atoms with Crippen LogP contribution in [0, 0.1) is 11.3 Å². The number of nitrogens with zero attached hydrogens (tertiary/aromatic N) is 2. The molecule has 2 aromatic carbocycles. The molecule has 122 valence electrons. The van der Waals surface area contributed by atoms with Gasteiger partial charge in [-0.2, -0.15) is 10.4 Å². The molecule has 2 rings (SSSR count). The Balaban J connectivity index is 1.97. The number of amides is 1. The van der Waals surface area contributed by atoms with Gasteiger partial charge in [-0.05, 0) is 37.3 Å². The van der Waals surface area contributed by atoms with Crippen molar-refractivity contribution in [1.29, 1.82) is 5.26 Å². The van der Waals surface area contributed by atoms with Gasteiger partial charge in [0, 0.05) is 10.0 Å². The molecule has 0 aromatic heterocycles. The first kappa shape index (κ1) is 17.5. The molecule has 0 unspecified atom stereocenters. The van der Waals surface area contributed by atoms with E-state index in [1.165, 1.54) is 6.07 Å². The zero-order valence-electron chi connectivity index (χ0n) is 12.8. The lowest BCUT2D eigenvalue weighted by Gasteiger charge is -2.08. The molecule has 6 nitrogen and oxygen atoms in total. The minimum Gasteiger partial charge on any atom is -0.507 e. The summed E-state index contributed by atoms with van der Waals surface area (Å²) in [4.78, 5) is 11.8. The van der Waals surface area contributed by atoms with Gasteiger partial charge in [-0.15, -0.1) is 0 Å². The quantitative estimate of drug-likeness (QED) is 0.608. The van der Waals surface area contributed by atoms with Gasteiger partial charge in [-0.1, -0.05) is 28.1 Å². The number of hydrazone groups is 1. The summed E-state index contributed by atoms with van der Waals surface area (Å²) < 4.78 is 6.09. The highest BCUT2D eigenvalue weighted by Gasteiger charge is 2.08. The fraction of sp³-hybridized carbons (Fsp3) is 0.118. The summed E-state index contributed by atoms with van der Waals surface area (Å²) in [5, 5.41) is 22.7. The minimum atomic E-state index is -0.475. The fourth-order valence-corrected chi connectivity index (χ4v) is 2.23. The van der Waals surface area contributed by atoms with E-state index >= 15 is 0 Å². The van der Waals surface area contributed by atoms with Crippen LogP contribution >= 0.6 is 15.9 Å². The summed E-state index contributed by atoms with van der Waals surface area (Å²) in [6.45, 7) is 1.38. The highest BCUT2D eigenvalue weighted by Crippen LogP contribution is 2.22. The van der Waals surface area contributed by atoms with Gasteiger partial charge in [-0.3, -0.25) is 4.79 Å². The Morgan fingerprint density at radius 1 is 1.38 bits per heavy atom. The van der Waals surface area contributed by atoms with Gasteiger partial charge in [0.25, 0.3) is 5.91 Å². The largest absolute Gasteiger partial charge is 0.507 e. The number of rotatable bonds is 5. The lowest BCUT2D eigenvalue weighted by Crippen LogP contribution is -2.25. The van der Waals surface area contributed by atoms with E-state index in [1.807, 2.05) is 6.07 Å². The maximum atomic E-state index is 11.8. The first-order chi connectivity index (χ1) is 11.5. The summed E-state index contributed by atoms with van der Waals surface area (Å²) in [7, 11) is 0. The number of halogens is 1. The molecule has 0 atom stereocenters. The molecule has 0 aliphatic heterocycles. The lowest BCUT2D eigenvalue weighted by atomic mass is 10.1. The van der Waals surface area contributed by atoms with E-state index in [-0.39, 0.29) is 12.4 Å². The number of aromatic hydroxyl groups is 1. The van der Waals surface area contributed by atoms with Crippen LogP contribution in [0.25, 0.3) is 0 Å². The van der Waals surface area contributed by atoms with Gasteiger partial charge in [-0.25, -0.2) is 5.43 Å². The first-order valence-corrected chi connectivity index (χ1v) is 7.74. The molecule has 0 aliphatic carbocycles. The number of phenols is 1. The van der Waals surface area contributed by atoms with E-state index in [0.29, 0.717) is 22.6 Å². The van der Waals surface area contributed by atoms with E-state index in [2.05, 4.69) is 26.5 Å². The van der Waals surface area contributed by atoms with Crippen molar-refractivity contribution in [2.24, 2.45) is 5.10 Å². The minimum absolute atomic E-state index is 0.0629. The second-order valence-electron chi connectivity index (χ2n) is 4.79. The molecular formula is C17H14BrN3O3. The van der Waals surface area contributed by atoms with Crippen molar-refractivity contribution < 1.29 is 14.6 Å². The molecule has 0 aliphatic rings. The Hall–Kier alpha value is -2.85. The van der Waals surface area contributed by atoms with Crippen molar-refractivity contribution in [2.75, 3.05) is 6.61 Å². The van der Waals surface area contributed by atoms with E-state index in [1.54, 1.807) is 43.3 Å². The van der Waals surface area contributed by atoms with Crippen LogP contribution in [0.15, 0.2) is 52.0 Å². The summed E-state index contributed by atoms with van der Waals surface area (Å²) in [5.74, 6) is -0.0787. The van der Waals surface area contributed by atoms with Crippen LogP contribution in [0.3, 0.4) is 0 Å². The maximum Gasteiger partial charge on any atom is 0.277 e. The highest BCUT2D eigenvalue weighted by atomic mass is 79.9. The van der Waals surface area contributed by atoms with Crippen molar-refractivity contribution in [3.05, 3.63) is 58.1 Å². The summed E-state index contributed by atoms with van der Waals surface area (Å²) >= 11 is 3.31. The molecule has 0 radical (unpaired) electrons. The number of ether oxygens (including phenoxy) is 1. The Morgan fingerprint density at radius 3 is 2.88 bits per heavy atom. The molecule has 0 spiro atoms. The van der Waals surface area contributed by atoms with Crippen LogP contribution in [0.5, 0.6) is 11.5 Å². The number of phenolic OH excluding ortho intramolecular Hbond substituents is 1. The normalized spacial score (nSPS) is 10.8. The maximum absolute atomic E-state index is 11.8. The third-order valence-corrected chi connectivity index (χ3v) is 3.56. The van der Waals surface area contributed by atoms with Crippen LogP contribution in [-0.2, 0) is 4.79 Å². The van der Waals surface area contributed by atoms with Crippen LogP contribution in [0.4, 0.5) is 0 Å². The van der Waals surface area contributed by atoms with Crippen molar-refractivity contribution >= 4 is 27.5 Å². The predicted octanol–water partition coefficient (Wildman–Crippen LogP) is 2.95. The Kier molecular flexibility index (Phi) is 5.93. The molecule has 7 heteroatoms. The number of carbonyl (C=O) groups is 1. The fourth-order valence-electron chi connectivity index (χ4n) is 1.86. The van der Waals surface area contributed by atoms with Gasteiger partial charge >= 0.3 is 0 Å². The van der Waals surface area contributed by atoms with E-state index in [4.69, 9.17) is 10.00 Å². The summed E-state index contributed by atoms with van der Waals surface area (Å²) in [6.07, 6.45) is 0. The molecule has 1 amide bonds. The molecule has 2 aromatic rings. The number of carbonyl (C=O) groups excluding carboxylic acids is 1. The monoisotopic (exact) mass is 387 g/mol. The average molecular weight is 388 g/mol. The second-order valence-corrected chi connectivity index (χ2v) is 5.71. The molecule has 0 heterocycles. The molecular weight excluding hydrogens is 374 g/mol. The number of benzene rings is 2. The number of hydrogen-bond donors (Lipinski definition) is 2. The SMILES string of the molecule is C/C(=N\NC(=O)COc1ccccc1C#N)c1cc(Br)ccc1O. The van der Waals surface area contributed by atoms with Gasteiger partial charge in [0.05, 0.1) is 11.3 Å². The second kappa shape index (κ2) is 8.13. The Morgan fingerprint density at radius 2 is 2.12 bits per heavy atom. The average Bonchev–Trinajstić information content (AvgIpc) is 2.60.